The van der Waals surface area contributed by atoms with Gasteiger partial charge in [-0.25, -0.2) is 14.6 Å². The Morgan fingerprint density at radius 3 is 2.54 bits per heavy atom. The number of esters is 1. The van der Waals surface area contributed by atoms with Crippen molar-refractivity contribution in [1.29, 1.82) is 0 Å². The number of nitrogens with one attached hydrogen (secondary N) is 2. The molecule has 9 heteroatoms. The first-order valence-electron chi connectivity index (χ1n) is 11.0. The molecule has 0 saturated carbocycles. The van der Waals surface area contributed by atoms with Crippen molar-refractivity contribution in [3.63, 3.8) is 0 Å². The van der Waals surface area contributed by atoms with Gasteiger partial charge in [0.05, 0.1) is 23.6 Å². The molecule has 0 aliphatic rings. The normalized spacial score (nSPS) is 10.6. The smallest absolute Gasteiger partial charge is 0.340 e. The second-order valence-electron chi connectivity index (χ2n) is 7.68. The Morgan fingerprint density at radius 2 is 1.77 bits per heavy atom. The van der Waals surface area contributed by atoms with Gasteiger partial charge in [0.2, 0.25) is 0 Å². The predicted octanol–water partition coefficient (Wildman–Crippen LogP) is 4.40. The monoisotopic (exact) mass is 472 g/mol. The lowest BCUT2D eigenvalue weighted by atomic mass is 10.2. The molecular formula is C26H24N4O5. The van der Waals surface area contributed by atoms with Crippen LogP contribution in [0.3, 0.4) is 0 Å². The molecule has 2 heterocycles. The summed E-state index contributed by atoms with van der Waals surface area (Å²) in [5, 5.41) is 5.37. The Bertz CT molecular complexity index is 1430. The molecule has 0 bridgehead atoms. The fraction of sp³-hybridized carbons (Fsp3) is 0.154. The maximum absolute atomic E-state index is 12.4. The molecule has 4 aromatic rings. The van der Waals surface area contributed by atoms with E-state index in [4.69, 9.17) is 9.47 Å². The van der Waals surface area contributed by atoms with Crippen LogP contribution in [0.15, 0.2) is 77.7 Å². The fourth-order valence-electron chi connectivity index (χ4n) is 3.38. The number of anilines is 2. The Labute approximate surface area is 201 Å². The van der Waals surface area contributed by atoms with Gasteiger partial charge >= 0.3 is 12.0 Å². The number of ether oxygens (including phenoxy) is 2. The average Bonchev–Trinajstić information content (AvgIpc) is 2.84. The molecule has 0 aliphatic carbocycles. The van der Waals surface area contributed by atoms with Crippen LogP contribution in [0.5, 0.6) is 5.75 Å². The van der Waals surface area contributed by atoms with Crippen LogP contribution >= 0.6 is 0 Å². The van der Waals surface area contributed by atoms with Gasteiger partial charge in [-0.2, -0.15) is 0 Å². The van der Waals surface area contributed by atoms with Crippen LogP contribution in [-0.4, -0.2) is 28.0 Å². The second-order valence-corrected chi connectivity index (χ2v) is 7.68. The fourth-order valence-corrected chi connectivity index (χ4v) is 3.38. The number of para-hydroxylation sites is 1. The highest BCUT2D eigenvalue weighted by Crippen LogP contribution is 2.19. The van der Waals surface area contributed by atoms with E-state index in [1.807, 2.05) is 19.1 Å². The number of urea groups is 1. The number of carbonyl (C=O) groups excluding carboxylic acids is 2. The zero-order chi connectivity index (χ0) is 24.8. The van der Waals surface area contributed by atoms with Crippen molar-refractivity contribution >= 4 is 29.0 Å². The van der Waals surface area contributed by atoms with Gasteiger partial charge in [-0.05, 0) is 67.9 Å². The molecule has 0 saturated heterocycles. The standard InChI is InChI=1S/C26H24N4O5/c1-3-34-25(32)21-6-4-5-7-22(21)29-26(33)28-18-8-10-20(11-9-18)35-16-19-15-24(31)30-13-12-17(2)14-23(30)27-19/h4-15H,3,16H2,1-2H3,(H2,28,29,33). The quantitative estimate of drug-likeness (QED) is 0.386. The maximum Gasteiger partial charge on any atom is 0.340 e. The van der Waals surface area contributed by atoms with Crippen LogP contribution in [-0.2, 0) is 11.3 Å². The minimum atomic E-state index is -0.511. The highest BCUT2D eigenvalue weighted by atomic mass is 16.5. The number of hydrogen-bond donors (Lipinski definition) is 2. The first-order chi connectivity index (χ1) is 16.9. The number of nitrogens with zero attached hydrogens (tertiary/aromatic N) is 2. The number of fused-ring (bicyclic) bond motifs is 1. The van der Waals surface area contributed by atoms with Gasteiger partial charge in [-0.15, -0.1) is 0 Å². The molecule has 2 N–H and O–H groups in total. The van der Waals surface area contributed by atoms with Crippen molar-refractivity contribution in [2.45, 2.75) is 20.5 Å². The first kappa shape index (κ1) is 23.5. The van der Waals surface area contributed by atoms with Crippen LogP contribution in [0.25, 0.3) is 5.65 Å². The van der Waals surface area contributed by atoms with E-state index in [-0.39, 0.29) is 24.3 Å². The van der Waals surface area contributed by atoms with E-state index in [1.165, 1.54) is 10.5 Å². The Morgan fingerprint density at radius 1 is 1.00 bits per heavy atom. The van der Waals surface area contributed by atoms with Gasteiger partial charge in [-0.3, -0.25) is 9.20 Å². The minimum absolute atomic E-state index is 0.123. The number of hydrogen-bond acceptors (Lipinski definition) is 6. The summed E-state index contributed by atoms with van der Waals surface area (Å²) in [6.07, 6.45) is 1.70. The van der Waals surface area contributed by atoms with E-state index in [9.17, 15) is 14.4 Å². The molecule has 0 aliphatic heterocycles. The molecule has 4 rings (SSSR count). The van der Waals surface area contributed by atoms with Crippen molar-refractivity contribution in [2.24, 2.45) is 0 Å². The highest BCUT2D eigenvalue weighted by molar-refractivity contribution is 6.05. The summed E-state index contributed by atoms with van der Waals surface area (Å²) in [7, 11) is 0. The summed E-state index contributed by atoms with van der Waals surface area (Å²) in [6, 6.07) is 18.0. The minimum Gasteiger partial charge on any atom is -0.487 e. The van der Waals surface area contributed by atoms with Gasteiger partial charge in [-0.1, -0.05) is 12.1 Å². The number of rotatable bonds is 7. The predicted molar refractivity (Wildman–Crippen MR) is 132 cm³/mol. The third kappa shape index (κ3) is 5.83. The van der Waals surface area contributed by atoms with E-state index in [0.717, 1.165) is 5.56 Å². The van der Waals surface area contributed by atoms with Crippen molar-refractivity contribution in [1.82, 2.24) is 9.38 Å². The SMILES string of the molecule is CCOC(=O)c1ccccc1NC(=O)Nc1ccc(OCc2cc(=O)n3ccc(C)cc3n2)cc1. The number of amides is 2. The van der Waals surface area contributed by atoms with Crippen molar-refractivity contribution in [2.75, 3.05) is 17.2 Å². The summed E-state index contributed by atoms with van der Waals surface area (Å²) in [6.45, 7) is 4.01. The molecule has 9 nitrogen and oxygen atoms in total. The lowest BCUT2D eigenvalue weighted by molar-refractivity contribution is 0.0527. The summed E-state index contributed by atoms with van der Waals surface area (Å²) in [4.78, 5) is 41.3. The van der Waals surface area contributed by atoms with E-state index in [2.05, 4.69) is 15.6 Å². The molecular weight excluding hydrogens is 448 g/mol. The van der Waals surface area contributed by atoms with E-state index in [0.29, 0.717) is 28.5 Å². The van der Waals surface area contributed by atoms with Crippen LogP contribution in [0.1, 0.15) is 28.5 Å². The molecule has 0 unspecified atom stereocenters. The summed E-state index contributed by atoms with van der Waals surface area (Å²) in [5.74, 6) is 0.0403. The van der Waals surface area contributed by atoms with E-state index in [1.54, 1.807) is 61.7 Å². The number of benzene rings is 2. The Hall–Kier alpha value is -4.66. The van der Waals surface area contributed by atoms with Gasteiger partial charge in [0.25, 0.3) is 5.56 Å². The number of carbonyl (C=O) groups is 2. The van der Waals surface area contributed by atoms with Crippen molar-refractivity contribution in [3.05, 3.63) is 100 Å². The summed E-state index contributed by atoms with van der Waals surface area (Å²) < 4.78 is 12.3. The molecule has 2 aromatic heterocycles. The number of pyridine rings is 1. The molecule has 35 heavy (non-hydrogen) atoms. The van der Waals surface area contributed by atoms with Crippen LogP contribution in [0.2, 0.25) is 0 Å². The lowest BCUT2D eigenvalue weighted by Gasteiger charge is -2.12. The number of aryl methyl sites for hydroxylation is 1. The molecule has 2 aromatic carbocycles. The lowest BCUT2D eigenvalue weighted by Crippen LogP contribution is -2.21. The van der Waals surface area contributed by atoms with Crippen LogP contribution < -0.4 is 20.9 Å². The van der Waals surface area contributed by atoms with Crippen LogP contribution in [0.4, 0.5) is 16.2 Å². The molecule has 178 valence electrons. The molecule has 0 fully saturated rings. The third-order valence-electron chi connectivity index (χ3n) is 5.05. The summed E-state index contributed by atoms with van der Waals surface area (Å²) in [5.41, 5.74) is 3.05. The average molecular weight is 473 g/mol. The molecule has 0 atom stereocenters. The zero-order valence-corrected chi connectivity index (χ0v) is 19.3. The maximum atomic E-state index is 12.4. The molecule has 0 spiro atoms. The topological polar surface area (TPSA) is 111 Å². The van der Waals surface area contributed by atoms with Gasteiger partial charge in [0.1, 0.15) is 18.0 Å². The Kier molecular flexibility index (Phi) is 7.06. The Balaban J connectivity index is 1.37. The van der Waals surface area contributed by atoms with E-state index < -0.39 is 12.0 Å². The highest BCUT2D eigenvalue weighted by Gasteiger charge is 2.14. The van der Waals surface area contributed by atoms with Gasteiger partial charge in [0, 0.05) is 18.0 Å². The van der Waals surface area contributed by atoms with Gasteiger partial charge < -0.3 is 20.1 Å². The third-order valence-corrected chi connectivity index (χ3v) is 5.05. The molecule has 0 radical (unpaired) electrons. The zero-order valence-electron chi connectivity index (χ0n) is 19.3. The molecule has 2 amide bonds. The van der Waals surface area contributed by atoms with Gasteiger partial charge in [0.15, 0.2) is 0 Å². The van der Waals surface area contributed by atoms with Crippen molar-refractivity contribution < 1.29 is 19.1 Å². The first-order valence-corrected chi connectivity index (χ1v) is 11.0. The summed E-state index contributed by atoms with van der Waals surface area (Å²) >= 11 is 0. The largest absolute Gasteiger partial charge is 0.487 e. The number of aromatic nitrogens is 2. The second kappa shape index (κ2) is 10.5. The van der Waals surface area contributed by atoms with E-state index >= 15 is 0 Å². The van der Waals surface area contributed by atoms with Crippen LogP contribution in [0, 0.1) is 6.92 Å². The van der Waals surface area contributed by atoms with Crippen molar-refractivity contribution in [3.8, 4) is 5.75 Å².